The first-order valence-corrected chi connectivity index (χ1v) is 12.0. The Kier molecular flexibility index (Phi) is 6.68. The third-order valence-corrected chi connectivity index (χ3v) is 7.04. The van der Waals surface area contributed by atoms with E-state index in [0.29, 0.717) is 10.5 Å². The van der Waals surface area contributed by atoms with Crippen LogP contribution in [0.25, 0.3) is 0 Å². The van der Waals surface area contributed by atoms with Crippen LogP contribution in [0.2, 0.25) is 0 Å². The van der Waals surface area contributed by atoms with Crippen LogP contribution in [0, 0.1) is 17.6 Å². The summed E-state index contributed by atoms with van der Waals surface area (Å²) in [4.78, 5) is 24.7. The van der Waals surface area contributed by atoms with Crippen molar-refractivity contribution in [1.29, 1.82) is 0 Å². The van der Waals surface area contributed by atoms with Gasteiger partial charge >= 0.3 is 18.1 Å². The number of hydrogen-bond donors (Lipinski definition) is 3. The molecule has 0 aliphatic carbocycles. The van der Waals surface area contributed by atoms with E-state index >= 15 is 0 Å². The Morgan fingerprint density at radius 1 is 1.07 bits per heavy atom. The van der Waals surface area contributed by atoms with Crippen LogP contribution in [-0.2, 0) is 9.59 Å². The summed E-state index contributed by atoms with van der Waals surface area (Å²) < 4.78 is 80.9. The molecule has 210 valence electrons. The predicted molar refractivity (Wildman–Crippen MR) is 134 cm³/mol. The number of halogens is 5. The van der Waals surface area contributed by atoms with Gasteiger partial charge in [-0.15, -0.1) is 0 Å². The number of ether oxygens (including phenoxy) is 2. The van der Waals surface area contributed by atoms with E-state index < -0.39 is 47.6 Å². The number of amides is 1. The van der Waals surface area contributed by atoms with Crippen LogP contribution in [0.3, 0.4) is 0 Å². The Hall–Kier alpha value is -4.55. The van der Waals surface area contributed by atoms with Crippen LogP contribution in [0.15, 0.2) is 48.5 Å². The van der Waals surface area contributed by atoms with Crippen molar-refractivity contribution < 1.29 is 46.1 Å². The number of hydrogen-bond acceptors (Lipinski definition) is 6. The van der Waals surface area contributed by atoms with Crippen molar-refractivity contribution >= 4 is 34.6 Å². The summed E-state index contributed by atoms with van der Waals surface area (Å²) >= 11 is 0. The van der Waals surface area contributed by atoms with Crippen LogP contribution in [0.4, 0.5) is 44.7 Å². The second-order valence-corrected chi connectivity index (χ2v) is 9.44. The Balaban J connectivity index is 1.54. The zero-order valence-corrected chi connectivity index (χ0v) is 20.8. The molecule has 3 atom stereocenters. The lowest BCUT2D eigenvalue weighted by Gasteiger charge is -2.29. The number of carbonyl (C=O) groups is 2. The molecule has 0 saturated heterocycles. The number of fused-ring (bicyclic) bond motifs is 2. The first kappa shape index (κ1) is 27.0. The summed E-state index contributed by atoms with van der Waals surface area (Å²) in [6.45, 7) is 1.14. The maximum Gasteiger partial charge on any atom is 0.471 e. The van der Waals surface area contributed by atoms with Crippen molar-refractivity contribution in [2.24, 2.45) is 5.92 Å². The second-order valence-electron chi connectivity index (χ2n) is 9.44. The van der Waals surface area contributed by atoms with Gasteiger partial charge in [-0.05, 0) is 24.3 Å². The number of carboxylic acids is 1. The van der Waals surface area contributed by atoms with E-state index in [1.165, 1.54) is 43.3 Å². The Morgan fingerprint density at radius 3 is 2.52 bits per heavy atom. The highest BCUT2D eigenvalue weighted by atomic mass is 19.4. The molecule has 0 aromatic heterocycles. The van der Waals surface area contributed by atoms with E-state index in [0.717, 1.165) is 12.1 Å². The molecule has 8 nitrogen and oxygen atoms in total. The number of benzene rings is 3. The lowest BCUT2D eigenvalue weighted by atomic mass is 9.89. The number of carboxylic acid groups (broad SMARTS) is 1. The molecule has 2 aliphatic heterocycles. The number of rotatable bonds is 6. The Bertz CT molecular complexity index is 1510. The highest BCUT2D eigenvalue weighted by Crippen LogP contribution is 2.47. The van der Waals surface area contributed by atoms with Crippen molar-refractivity contribution in [1.82, 2.24) is 0 Å². The molecule has 0 spiro atoms. The van der Waals surface area contributed by atoms with E-state index in [4.69, 9.17) is 15.2 Å². The number of nitrogens with one attached hydrogen (secondary N) is 1. The van der Waals surface area contributed by atoms with Gasteiger partial charge in [0.2, 0.25) is 0 Å². The first-order chi connectivity index (χ1) is 18.9. The van der Waals surface area contributed by atoms with E-state index in [1.807, 2.05) is 0 Å². The third-order valence-electron chi connectivity index (χ3n) is 7.04. The standard InChI is InChI=1S/C27H22F5N3O5/c1-12(25(36)37)16-10-39-21-9-13(5-6-14(16)21)35(26(38)27(30,31)32)20-11-40-24-15(20)3-2-4-19(24)34-23-18(33)8-7-17(28)22(23)29/h2-9,12,16,20,34H,10-11,33H2,1H3,(H,36,37)/t12?,16-,20+/m0/s1. The van der Waals surface area contributed by atoms with Crippen molar-refractivity contribution in [3.05, 3.63) is 71.3 Å². The fourth-order valence-corrected chi connectivity index (χ4v) is 4.90. The fourth-order valence-electron chi connectivity index (χ4n) is 4.90. The molecule has 0 fully saturated rings. The highest BCUT2D eigenvalue weighted by Gasteiger charge is 2.48. The molecule has 0 bridgehead atoms. The molecule has 4 N–H and O–H groups in total. The smallest absolute Gasteiger partial charge is 0.471 e. The second kappa shape index (κ2) is 9.88. The minimum atomic E-state index is -5.25. The molecule has 2 heterocycles. The molecule has 0 radical (unpaired) electrons. The number of para-hydroxylation sites is 1. The van der Waals surface area contributed by atoms with Crippen molar-refractivity contribution in [3.8, 4) is 11.5 Å². The van der Waals surface area contributed by atoms with Gasteiger partial charge in [-0.3, -0.25) is 14.5 Å². The van der Waals surface area contributed by atoms with Crippen molar-refractivity contribution in [3.63, 3.8) is 0 Å². The Morgan fingerprint density at radius 2 is 1.82 bits per heavy atom. The van der Waals surface area contributed by atoms with Crippen LogP contribution in [0.5, 0.6) is 11.5 Å². The molecule has 40 heavy (non-hydrogen) atoms. The summed E-state index contributed by atoms with van der Waals surface area (Å²) in [7, 11) is 0. The summed E-state index contributed by atoms with van der Waals surface area (Å²) in [6.07, 6.45) is -5.25. The molecule has 3 aromatic rings. The Labute approximate surface area is 224 Å². The molecule has 1 unspecified atom stereocenters. The predicted octanol–water partition coefficient (Wildman–Crippen LogP) is 5.52. The summed E-state index contributed by atoms with van der Waals surface area (Å²) in [5.41, 5.74) is 5.91. The maximum absolute atomic E-state index is 14.4. The minimum Gasteiger partial charge on any atom is -0.493 e. The fraction of sp³-hybridized carbons (Fsp3) is 0.259. The van der Waals surface area contributed by atoms with Gasteiger partial charge in [0.1, 0.15) is 23.8 Å². The molecule has 1 amide bonds. The van der Waals surface area contributed by atoms with Crippen LogP contribution in [0.1, 0.15) is 30.0 Å². The van der Waals surface area contributed by atoms with Gasteiger partial charge in [0.05, 0.1) is 29.9 Å². The number of nitrogen functional groups attached to an aromatic ring is 1. The zero-order chi connectivity index (χ0) is 28.9. The number of anilines is 4. The quantitative estimate of drug-likeness (QED) is 0.268. The zero-order valence-electron chi connectivity index (χ0n) is 20.8. The van der Waals surface area contributed by atoms with Gasteiger partial charge in [-0.25, -0.2) is 8.78 Å². The topological polar surface area (TPSA) is 114 Å². The van der Waals surface area contributed by atoms with Gasteiger partial charge in [-0.2, -0.15) is 13.2 Å². The number of nitrogens with two attached hydrogens (primary N) is 1. The van der Waals surface area contributed by atoms with Crippen LogP contribution >= 0.6 is 0 Å². The SMILES string of the molecule is CC(C(=O)O)[C@@H]1COc2cc(N(C(=O)C(F)(F)F)[C@@H]3COc4c(Nc5c(N)ccc(F)c5F)cccc43)ccc21. The van der Waals surface area contributed by atoms with Gasteiger partial charge in [0.15, 0.2) is 11.6 Å². The molecular weight excluding hydrogens is 541 g/mol. The van der Waals surface area contributed by atoms with Crippen molar-refractivity contribution in [2.45, 2.75) is 25.1 Å². The summed E-state index contributed by atoms with van der Waals surface area (Å²) in [5, 5.41) is 12.0. The number of aliphatic carboxylic acids is 1. The summed E-state index contributed by atoms with van der Waals surface area (Å²) in [5.74, 6) is -6.76. The largest absolute Gasteiger partial charge is 0.493 e. The molecule has 0 saturated carbocycles. The number of nitrogens with zero attached hydrogens (tertiary/aromatic N) is 1. The monoisotopic (exact) mass is 563 g/mol. The summed E-state index contributed by atoms with van der Waals surface area (Å²) in [6, 6.07) is 9.09. The van der Waals surface area contributed by atoms with Crippen LogP contribution < -0.4 is 25.4 Å². The average Bonchev–Trinajstić information content (AvgIpc) is 3.53. The highest BCUT2D eigenvalue weighted by molar-refractivity contribution is 5.99. The first-order valence-electron chi connectivity index (χ1n) is 12.0. The van der Waals surface area contributed by atoms with E-state index in [2.05, 4.69) is 5.32 Å². The van der Waals surface area contributed by atoms with Gasteiger partial charge < -0.3 is 25.6 Å². The van der Waals surface area contributed by atoms with E-state index in [9.17, 15) is 36.6 Å². The van der Waals surface area contributed by atoms with E-state index in [-0.39, 0.29) is 53.0 Å². The van der Waals surface area contributed by atoms with E-state index in [1.54, 1.807) is 0 Å². The lowest BCUT2D eigenvalue weighted by Crippen LogP contribution is -2.44. The number of alkyl halides is 3. The molecular formula is C27H22F5N3O5. The third kappa shape index (κ3) is 4.61. The molecule has 2 aliphatic rings. The van der Waals surface area contributed by atoms with Crippen molar-refractivity contribution in [2.75, 3.05) is 29.2 Å². The minimum absolute atomic E-state index is 0.0175. The maximum atomic E-state index is 14.4. The van der Waals surface area contributed by atoms with Crippen LogP contribution in [-0.4, -0.2) is 36.4 Å². The van der Waals surface area contributed by atoms with Gasteiger partial charge in [-0.1, -0.05) is 25.1 Å². The lowest BCUT2D eigenvalue weighted by molar-refractivity contribution is -0.171. The molecule has 13 heteroatoms. The molecule has 3 aromatic carbocycles. The van der Waals surface area contributed by atoms with Gasteiger partial charge in [0.25, 0.3) is 0 Å². The van der Waals surface area contributed by atoms with Gasteiger partial charge in [0, 0.05) is 28.8 Å². The average molecular weight is 563 g/mol. The molecule has 5 rings (SSSR count). The number of carbonyl (C=O) groups excluding carboxylic acids is 1. The normalized spacial score (nSPS) is 18.2.